The Balaban J connectivity index is 2.52. The Labute approximate surface area is 106 Å². The van der Waals surface area contributed by atoms with Crippen LogP contribution in [-0.4, -0.2) is 4.98 Å². The molecule has 0 aliphatic heterocycles. The first-order chi connectivity index (χ1) is 7.37. The molecule has 0 bridgehead atoms. The highest BCUT2D eigenvalue weighted by Gasteiger charge is 2.17. The summed E-state index contributed by atoms with van der Waals surface area (Å²) >= 11 is 12.3. The lowest BCUT2D eigenvalue weighted by molar-refractivity contribution is 0.407. The number of aromatic amines is 1. The van der Waals surface area contributed by atoms with Crippen LogP contribution in [0.4, 0.5) is 0 Å². The van der Waals surface area contributed by atoms with Gasteiger partial charge in [0.15, 0.2) is 0 Å². The molecule has 0 saturated heterocycles. The summed E-state index contributed by atoms with van der Waals surface area (Å²) in [5.41, 5.74) is 2.36. The molecule has 0 aliphatic carbocycles. The van der Waals surface area contributed by atoms with Gasteiger partial charge in [0.1, 0.15) is 0 Å². The van der Waals surface area contributed by atoms with Crippen LogP contribution < -0.4 is 0 Å². The maximum atomic E-state index is 6.35. The lowest BCUT2D eigenvalue weighted by Gasteiger charge is -2.17. The number of benzene rings is 1. The summed E-state index contributed by atoms with van der Waals surface area (Å²) in [7, 11) is 0. The molecule has 3 heteroatoms. The zero-order valence-corrected chi connectivity index (χ0v) is 11.2. The van der Waals surface area contributed by atoms with Gasteiger partial charge < -0.3 is 4.98 Å². The van der Waals surface area contributed by atoms with E-state index in [0.717, 1.165) is 33.1 Å². The minimum absolute atomic E-state index is 0.217. The average Bonchev–Trinajstić information content (AvgIpc) is 2.42. The van der Waals surface area contributed by atoms with E-state index in [2.05, 4.69) is 25.8 Å². The third-order valence-electron chi connectivity index (χ3n) is 2.48. The summed E-state index contributed by atoms with van der Waals surface area (Å²) in [6.45, 7) is 6.59. The molecule has 0 unspecified atom stereocenters. The number of H-pyrrole nitrogens is 1. The summed E-state index contributed by atoms with van der Waals surface area (Å²) in [5, 5.41) is 2.52. The van der Waals surface area contributed by atoms with E-state index < -0.39 is 0 Å². The number of aromatic nitrogens is 1. The van der Waals surface area contributed by atoms with Crippen molar-refractivity contribution in [3.05, 3.63) is 33.9 Å². The minimum atomic E-state index is 0.217. The van der Waals surface area contributed by atoms with E-state index in [1.54, 1.807) is 0 Å². The summed E-state index contributed by atoms with van der Waals surface area (Å²) < 4.78 is 0. The standard InChI is InChI=1S/C13H15Cl2N/c1-13(2,3)7-11-12(15)9-6-8(14)4-5-10(9)16-11/h4-6,16H,7H2,1-3H3. The molecular formula is C13H15Cl2N. The van der Waals surface area contributed by atoms with Crippen molar-refractivity contribution in [2.45, 2.75) is 27.2 Å². The van der Waals surface area contributed by atoms with Gasteiger partial charge in [-0.25, -0.2) is 0 Å². The van der Waals surface area contributed by atoms with E-state index >= 15 is 0 Å². The van der Waals surface area contributed by atoms with Crippen LogP contribution >= 0.6 is 23.2 Å². The van der Waals surface area contributed by atoms with Gasteiger partial charge in [0.2, 0.25) is 0 Å². The predicted octanol–water partition coefficient (Wildman–Crippen LogP) is 5.06. The molecule has 86 valence electrons. The molecule has 0 amide bonds. The van der Waals surface area contributed by atoms with Gasteiger partial charge in [0, 0.05) is 21.6 Å². The maximum absolute atomic E-state index is 6.35. The Bertz CT molecular complexity index is 520. The quantitative estimate of drug-likeness (QED) is 0.733. The van der Waals surface area contributed by atoms with Gasteiger partial charge in [-0.05, 0) is 30.0 Å². The van der Waals surface area contributed by atoms with E-state index in [0.29, 0.717) is 0 Å². The lowest BCUT2D eigenvalue weighted by Crippen LogP contribution is -2.09. The molecule has 2 aromatic rings. The third-order valence-corrected chi connectivity index (χ3v) is 3.14. The monoisotopic (exact) mass is 255 g/mol. The van der Waals surface area contributed by atoms with E-state index in [4.69, 9.17) is 23.2 Å². The van der Waals surface area contributed by atoms with Gasteiger partial charge in [0.05, 0.1) is 5.02 Å². The smallest absolute Gasteiger partial charge is 0.0692 e. The van der Waals surface area contributed by atoms with Gasteiger partial charge in [0.25, 0.3) is 0 Å². The molecule has 1 nitrogen and oxygen atoms in total. The fourth-order valence-corrected chi connectivity index (χ4v) is 2.28. The van der Waals surface area contributed by atoms with E-state index in [1.807, 2.05) is 18.2 Å². The molecule has 1 N–H and O–H groups in total. The van der Waals surface area contributed by atoms with Gasteiger partial charge in [-0.15, -0.1) is 0 Å². The highest BCUT2D eigenvalue weighted by Crippen LogP contribution is 2.33. The summed E-state index contributed by atoms with van der Waals surface area (Å²) in [5.74, 6) is 0. The van der Waals surface area contributed by atoms with Crippen molar-refractivity contribution < 1.29 is 0 Å². The minimum Gasteiger partial charge on any atom is -0.357 e. The van der Waals surface area contributed by atoms with Crippen LogP contribution in [0.3, 0.4) is 0 Å². The van der Waals surface area contributed by atoms with Crippen molar-refractivity contribution in [2.75, 3.05) is 0 Å². The molecule has 1 heterocycles. The predicted molar refractivity (Wildman–Crippen MR) is 71.5 cm³/mol. The lowest BCUT2D eigenvalue weighted by atomic mass is 9.90. The summed E-state index contributed by atoms with van der Waals surface area (Å²) in [4.78, 5) is 3.36. The molecule has 16 heavy (non-hydrogen) atoms. The molecular weight excluding hydrogens is 241 g/mol. The van der Waals surface area contributed by atoms with Crippen LogP contribution in [0.2, 0.25) is 10.0 Å². The zero-order valence-electron chi connectivity index (χ0n) is 9.70. The van der Waals surface area contributed by atoms with Crippen molar-refractivity contribution in [3.63, 3.8) is 0 Å². The molecule has 0 radical (unpaired) electrons. The summed E-state index contributed by atoms with van der Waals surface area (Å²) in [6.07, 6.45) is 0.929. The second-order valence-electron chi connectivity index (χ2n) is 5.34. The normalized spacial score (nSPS) is 12.3. The van der Waals surface area contributed by atoms with Crippen LogP contribution in [-0.2, 0) is 6.42 Å². The Morgan fingerprint density at radius 2 is 1.88 bits per heavy atom. The summed E-state index contributed by atoms with van der Waals surface area (Å²) in [6, 6.07) is 5.75. The largest absolute Gasteiger partial charge is 0.357 e. The molecule has 1 aromatic heterocycles. The van der Waals surface area contributed by atoms with E-state index in [9.17, 15) is 0 Å². The first kappa shape index (κ1) is 11.8. The van der Waals surface area contributed by atoms with Crippen molar-refractivity contribution >= 4 is 34.1 Å². The molecule has 0 saturated carbocycles. The number of halogens is 2. The second-order valence-corrected chi connectivity index (χ2v) is 6.16. The van der Waals surface area contributed by atoms with Crippen molar-refractivity contribution in [3.8, 4) is 0 Å². The van der Waals surface area contributed by atoms with E-state index in [-0.39, 0.29) is 5.41 Å². The Hall–Kier alpha value is -0.660. The van der Waals surface area contributed by atoms with Crippen molar-refractivity contribution in [2.24, 2.45) is 5.41 Å². The van der Waals surface area contributed by atoms with Crippen LogP contribution in [0.15, 0.2) is 18.2 Å². The Morgan fingerprint density at radius 1 is 1.19 bits per heavy atom. The van der Waals surface area contributed by atoms with Gasteiger partial charge in [-0.2, -0.15) is 0 Å². The zero-order chi connectivity index (χ0) is 11.9. The van der Waals surface area contributed by atoms with Crippen LogP contribution in [0.5, 0.6) is 0 Å². The van der Waals surface area contributed by atoms with Crippen LogP contribution in [0.25, 0.3) is 10.9 Å². The Morgan fingerprint density at radius 3 is 2.50 bits per heavy atom. The topological polar surface area (TPSA) is 15.8 Å². The van der Waals surface area contributed by atoms with Gasteiger partial charge in [-0.1, -0.05) is 44.0 Å². The Kier molecular flexibility index (Phi) is 2.93. The van der Waals surface area contributed by atoms with Crippen molar-refractivity contribution in [1.82, 2.24) is 4.98 Å². The third kappa shape index (κ3) is 2.36. The molecule has 0 atom stereocenters. The van der Waals surface area contributed by atoms with E-state index in [1.165, 1.54) is 0 Å². The highest BCUT2D eigenvalue weighted by atomic mass is 35.5. The number of hydrogen-bond acceptors (Lipinski definition) is 0. The van der Waals surface area contributed by atoms with Crippen molar-refractivity contribution in [1.29, 1.82) is 0 Å². The van der Waals surface area contributed by atoms with Gasteiger partial charge >= 0.3 is 0 Å². The van der Waals surface area contributed by atoms with Crippen LogP contribution in [0, 0.1) is 5.41 Å². The first-order valence-electron chi connectivity index (χ1n) is 5.32. The average molecular weight is 256 g/mol. The number of fused-ring (bicyclic) bond motifs is 1. The number of rotatable bonds is 1. The number of hydrogen-bond donors (Lipinski definition) is 1. The fourth-order valence-electron chi connectivity index (χ4n) is 1.84. The fraction of sp³-hybridized carbons (Fsp3) is 0.385. The molecule has 1 aromatic carbocycles. The number of nitrogens with one attached hydrogen (secondary N) is 1. The van der Waals surface area contributed by atoms with Crippen LogP contribution in [0.1, 0.15) is 26.5 Å². The molecule has 0 fully saturated rings. The second kappa shape index (κ2) is 3.97. The molecule has 0 aliphatic rings. The SMILES string of the molecule is CC(C)(C)Cc1[nH]c2ccc(Cl)cc2c1Cl. The van der Waals surface area contributed by atoms with Gasteiger partial charge in [-0.3, -0.25) is 0 Å². The molecule has 2 rings (SSSR count). The maximum Gasteiger partial charge on any atom is 0.0692 e. The first-order valence-corrected chi connectivity index (χ1v) is 6.08. The highest BCUT2D eigenvalue weighted by molar-refractivity contribution is 6.37. The molecule has 0 spiro atoms.